The quantitative estimate of drug-likeness (QED) is 0.180. The van der Waals surface area contributed by atoms with Crippen LogP contribution in [0.5, 0.6) is 0 Å². The number of aromatic nitrogens is 3. The molecule has 7 aromatic carbocycles. The Labute approximate surface area is 295 Å². The Bertz CT molecular complexity index is 2940. The van der Waals surface area contributed by atoms with Gasteiger partial charge in [-0.2, -0.15) is 0 Å². The van der Waals surface area contributed by atoms with E-state index in [-0.39, 0.29) is 5.92 Å². The highest BCUT2D eigenvalue weighted by Gasteiger charge is 2.24. The molecule has 0 aliphatic heterocycles. The van der Waals surface area contributed by atoms with Gasteiger partial charge in [0.15, 0.2) is 0 Å². The zero-order valence-electron chi connectivity index (χ0n) is 27.9. The van der Waals surface area contributed by atoms with Crippen molar-refractivity contribution in [1.29, 1.82) is 0 Å². The second-order valence-corrected chi connectivity index (χ2v) is 13.7. The van der Waals surface area contributed by atoms with E-state index in [4.69, 9.17) is 0 Å². The fourth-order valence-corrected chi connectivity index (χ4v) is 8.75. The first kappa shape index (κ1) is 28.3. The molecule has 3 heterocycles. The number of hydrogen-bond acceptors (Lipinski definition) is 0. The third-order valence-corrected chi connectivity index (χ3v) is 11.0. The SMILES string of the molecule is C1=CC(c2ccc3c(c2)c2cc(-n4c5ccccc5c5ccccc54)ccc2n3-c2ccccc2)Cc2c1n(-c1ccccc1)c1ccccc21. The molecule has 51 heavy (non-hydrogen) atoms. The average Bonchev–Trinajstić information content (AvgIpc) is 3.83. The third kappa shape index (κ3) is 4.18. The van der Waals surface area contributed by atoms with Gasteiger partial charge in [-0.3, -0.25) is 0 Å². The molecule has 0 N–H and O–H groups in total. The first-order valence-electron chi connectivity index (χ1n) is 17.8. The van der Waals surface area contributed by atoms with E-state index in [1.165, 1.54) is 88.4 Å². The Morgan fingerprint density at radius 2 is 0.863 bits per heavy atom. The van der Waals surface area contributed by atoms with Gasteiger partial charge in [-0.05, 0) is 96.4 Å². The Morgan fingerprint density at radius 3 is 1.53 bits per heavy atom. The summed E-state index contributed by atoms with van der Waals surface area (Å²) in [5, 5.41) is 6.43. The van der Waals surface area contributed by atoms with Crippen LogP contribution in [-0.4, -0.2) is 13.7 Å². The molecule has 240 valence electrons. The van der Waals surface area contributed by atoms with E-state index >= 15 is 0 Å². The number of rotatable bonds is 4. The molecule has 11 rings (SSSR count). The predicted octanol–water partition coefficient (Wildman–Crippen LogP) is 12.2. The van der Waals surface area contributed by atoms with Crippen LogP contribution in [0.4, 0.5) is 0 Å². The second-order valence-electron chi connectivity index (χ2n) is 13.7. The number of fused-ring (bicyclic) bond motifs is 9. The normalized spacial score (nSPS) is 14.3. The fourth-order valence-electron chi connectivity index (χ4n) is 8.75. The Balaban J connectivity index is 1.11. The van der Waals surface area contributed by atoms with Crippen LogP contribution in [0.15, 0.2) is 176 Å². The smallest absolute Gasteiger partial charge is 0.0542 e. The highest BCUT2D eigenvalue weighted by molar-refractivity contribution is 6.12. The molecule has 0 saturated carbocycles. The molecule has 1 unspecified atom stereocenters. The molecule has 3 heteroatoms. The maximum absolute atomic E-state index is 2.46. The van der Waals surface area contributed by atoms with E-state index in [0.717, 1.165) is 6.42 Å². The molecule has 0 bridgehead atoms. The monoisotopic (exact) mass is 651 g/mol. The number of hydrogen-bond donors (Lipinski definition) is 0. The highest BCUT2D eigenvalue weighted by Crippen LogP contribution is 2.41. The van der Waals surface area contributed by atoms with Gasteiger partial charge in [0.2, 0.25) is 0 Å². The zero-order valence-corrected chi connectivity index (χ0v) is 27.9. The number of nitrogens with zero attached hydrogens (tertiary/aromatic N) is 3. The Hall–Kier alpha value is -6.58. The number of allylic oxidation sites excluding steroid dienone is 1. The maximum Gasteiger partial charge on any atom is 0.0542 e. The van der Waals surface area contributed by atoms with Crippen molar-refractivity contribution in [3.8, 4) is 17.1 Å². The van der Waals surface area contributed by atoms with Gasteiger partial charge in [0.1, 0.15) is 0 Å². The van der Waals surface area contributed by atoms with Crippen LogP contribution >= 0.6 is 0 Å². The van der Waals surface area contributed by atoms with Gasteiger partial charge in [0.25, 0.3) is 0 Å². The molecule has 0 radical (unpaired) electrons. The lowest BCUT2D eigenvalue weighted by Crippen LogP contribution is -2.07. The van der Waals surface area contributed by atoms with Crippen molar-refractivity contribution in [2.45, 2.75) is 12.3 Å². The molecule has 1 aliphatic rings. The van der Waals surface area contributed by atoms with Gasteiger partial charge in [-0.1, -0.05) is 103 Å². The van der Waals surface area contributed by atoms with Crippen molar-refractivity contribution in [2.24, 2.45) is 0 Å². The van der Waals surface area contributed by atoms with Gasteiger partial charge in [-0.15, -0.1) is 0 Å². The van der Waals surface area contributed by atoms with E-state index in [9.17, 15) is 0 Å². The van der Waals surface area contributed by atoms with E-state index < -0.39 is 0 Å². The van der Waals surface area contributed by atoms with Gasteiger partial charge in [-0.25, -0.2) is 0 Å². The lowest BCUT2D eigenvalue weighted by molar-refractivity contribution is 0.826. The first-order valence-corrected chi connectivity index (χ1v) is 17.8. The topological polar surface area (TPSA) is 14.8 Å². The predicted molar refractivity (Wildman–Crippen MR) is 214 cm³/mol. The summed E-state index contributed by atoms with van der Waals surface area (Å²) >= 11 is 0. The summed E-state index contributed by atoms with van der Waals surface area (Å²) in [5.74, 6) is 0.271. The van der Waals surface area contributed by atoms with Gasteiger partial charge in [0, 0.05) is 55.6 Å². The van der Waals surface area contributed by atoms with E-state index in [0.29, 0.717) is 0 Å². The summed E-state index contributed by atoms with van der Waals surface area (Å²) < 4.78 is 7.27. The van der Waals surface area contributed by atoms with E-state index in [2.05, 4.69) is 196 Å². The number of para-hydroxylation sites is 5. The summed E-state index contributed by atoms with van der Waals surface area (Å²) in [4.78, 5) is 0. The van der Waals surface area contributed by atoms with Crippen molar-refractivity contribution in [3.05, 3.63) is 193 Å². The van der Waals surface area contributed by atoms with Crippen LogP contribution in [0.1, 0.15) is 22.7 Å². The van der Waals surface area contributed by atoms with Crippen molar-refractivity contribution in [2.75, 3.05) is 0 Å². The molecular formula is C48H33N3. The van der Waals surface area contributed by atoms with Crippen molar-refractivity contribution in [1.82, 2.24) is 13.7 Å². The summed E-state index contributed by atoms with van der Waals surface area (Å²) in [6.07, 6.45) is 5.73. The minimum atomic E-state index is 0.271. The average molecular weight is 652 g/mol. The molecule has 3 nitrogen and oxygen atoms in total. The molecule has 0 amide bonds. The summed E-state index contributed by atoms with van der Waals surface area (Å²) in [6, 6.07) is 62.1. The van der Waals surface area contributed by atoms with Gasteiger partial charge >= 0.3 is 0 Å². The van der Waals surface area contributed by atoms with Crippen LogP contribution in [0.2, 0.25) is 0 Å². The lowest BCUT2D eigenvalue weighted by Gasteiger charge is -2.20. The van der Waals surface area contributed by atoms with Crippen molar-refractivity contribution in [3.63, 3.8) is 0 Å². The standard InChI is InChI=1S/C48H33N3/c1-3-13-34(14-4-1)49-45-22-12-9-19-39(45)40-29-32(23-26-46(40)49)33-24-27-47-41(30-33)42-31-36(25-28-48(42)50(47)35-15-5-2-6-16-35)51-43-20-10-7-17-37(43)38-18-8-11-21-44(38)51/h1-28,30-32H,29H2. The number of benzene rings is 7. The largest absolute Gasteiger partial charge is 0.310 e. The van der Waals surface area contributed by atoms with E-state index in [1.54, 1.807) is 0 Å². The van der Waals surface area contributed by atoms with Crippen LogP contribution < -0.4 is 0 Å². The molecule has 3 aromatic heterocycles. The van der Waals surface area contributed by atoms with Crippen LogP contribution in [0.25, 0.3) is 77.7 Å². The van der Waals surface area contributed by atoms with Crippen molar-refractivity contribution < 1.29 is 0 Å². The highest BCUT2D eigenvalue weighted by atomic mass is 15.0. The molecule has 1 atom stereocenters. The maximum atomic E-state index is 2.46. The zero-order chi connectivity index (χ0) is 33.5. The Kier molecular flexibility index (Phi) is 6.08. The molecule has 0 spiro atoms. The minimum Gasteiger partial charge on any atom is -0.310 e. The molecule has 10 aromatic rings. The third-order valence-electron chi connectivity index (χ3n) is 11.0. The first-order chi connectivity index (χ1) is 25.3. The van der Waals surface area contributed by atoms with Gasteiger partial charge in [0.05, 0.1) is 27.6 Å². The van der Waals surface area contributed by atoms with E-state index in [1.807, 2.05) is 0 Å². The van der Waals surface area contributed by atoms with Crippen molar-refractivity contribution >= 4 is 60.6 Å². The van der Waals surface area contributed by atoms with Crippen LogP contribution in [0.3, 0.4) is 0 Å². The van der Waals surface area contributed by atoms with Crippen LogP contribution in [0, 0.1) is 0 Å². The summed E-state index contributed by atoms with van der Waals surface area (Å²) in [7, 11) is 0. The molecule has 0 saturated heterocycles. The minimum absolute atomic E-state index is 0.271. The molecular weight excluding hydrogens is 619 g/mol. The summed E-state index contributed by atoms with van der Waals surface area (Å²) in [6.45, 7) is 0. The Morgan fingerprint density at radius 1 is 0.373 bits per heavy atom. The van der Waals surface area contributed by atoms with Gasteiger partial charge < -0.3 is 13.7 Å². The van der Waals surface area contributed by atoms with Crippen LogP contribution in [-0.2, 0) is 6.42 Å². The molecule has 1 aliphatic carbocycles. The summed E-state index contributed by atoms with van der Waals surface area (Å²) in [5.41, 5.74) is 13.7. The lowest BCUT2D eigenvalue weighted by atomic mass is 9.86. The fraction of sp³-hybridized carbons (Fsp3) is 0.0417. The molecule has 0 fully saturated rings. The second kappa shape index (κ2) is 11.0.